The molecule has 4 rings (SSSR count). The molecule has 1 saturated heterocycles. The second-order valence-electron chi connectivity index (χ2n) is 7.45. The summed E-state index contributed by atoms with van der Waals surface area (Å²) in [7, 11) is 1.57. The van der Waals surface area contributed by atoms with Gasteiger partial charge >= 0.3 is 0 Å². The van der Waals surface area contributed by atoms with Gasteiger partial charge in [0.25, 0.3) is 5.78 Å². The zero-order chi connectivity index (χ0) is 21.1. The maximum atomic E-state index is 13.0. The number of hydrogen-bond donors (Lipinski definition) is 1. The van der Waals surface area contributed by atoms with Crippen molar-refractivity contribution in [1.29, 1.82) is 0 Å². The summed E-state index contributed by atoms with van der Waals surface area (Å²) in [6.07, 6.45) is 5.12. The number of nitrogens with zero attached hydrogens (tertiary/aromatic N) is 5. The molecule has 1 N–H and O–H groups in total. The molecule has 1 atom stereocenters. The molecule has 30 heavy (non-hydrogen) atoms. The van der Waals surface area contributed by atoms with Crippen LogP contribution in [0.2, 0.25) is 5.02 Å². The fourth-order valence-corrected chi connectivity index (χ4v) is 4.04. The first kappa shape index (κ1) is 20.4. The molecule has 3 heterocycles. The predicted molar refractivity (Wildman–Crippen MR) is 116 cm³/mol. The highest BCUT2D eigenvalue weighted by molar-refractivity contribution is 6.31. The maximum absolute atomic E-state index is 13.0. The quantitative estimate of drug-likeness (QED) is 0.645. The lowest BCUT2D eigenvalue weighted by atomic mass is 9.97. The largest absolute Gasteiger partial charge is 0.495 e. The molecule has 0 bridgehead atoms. The van der Waals surface area contributed by atoms with Crippen molar-refractivity contribution in [3.8, 4) is 5.75 Å². The molecule has 0 saturated carbocycles. The minimum atomic E-state index is -0.163. The lowest BCUT2D eigenvalue weighted by Crippen LogP contribution is -2.41. The molecular weight excluding hydrogens is 404 g/mol. The molecule has 1 amide bonds. The summed E-state index contributed by atoms with van der Waals surface area (Å²) in [5, 5.41) is 7.87. The van der Waals surface area contributed by atoms with Gasteiger partial charge in [-0.1, -0.05) is 24.9 Å². The van der Waals surface area contributed by atoms with Crippen molar-refractivity contribution >= 4 is 34.8 Å². The van der Waals surface area contributed by atoms with E-state index in [-0.39, 0.29) is 11.8 Å². The van der Waals surface area contributed by atoms with E-state index in [2.05, 4.69) is 38.3 Å². The average molecular weight is 429 g/mol. The zero-order valence-electron chi connectivity index (χ0n) is 17.1. The number of aromatic nitrogens is 4. The number of halogens is 1. The first-order valence-corrected chi connectivity index (χ1v) is 10.6. The Balaban J connectivity index is 1.55. The first-order valence-electron chi connectivity index (χ1n) is 10.2. The lowest BCUT2D eigenvalue weighted by molar-refractivity contribution is -0.120. The van der Waals surface area contributed by atoms with Gasteiger partial charge in [0, 0.05) is 29.9 Å². The molecule has 8 nitrogen and oxygen atoms in total. The number of nitrogens with one attached hydrogen (secondary N) is 1. The number of anilines is 2. The van der Waals surface area contributed by atoms with Crippen molar-refractivity contribution < 1.29 is 9.53 Å². The number of hydrogen-bond acceptors (Lipinski definition) is 6. The summed E-state index contributed by atoms with van der Waals surface area (Å²) in [4.78, 5) is 24.1. The summed E-state index contributed by atoms with van der Waals surface area (Å²) in [5.41, 5.74) is 1.57. The van der Waals surface area contributed by atoms with Gasteiger partial charge in [-0.05, 0) is 37.5 Å². The molecule has 9 heteroatoms. The first-order chi connectivity index (χ1) is 14.6. The number of ether oxygens (including phenoxy) is 1. The summed E-state index contributed by atoms with van der Waals surface area (Å²) in [6, 6.07) is 7.25. The van der Waals surface area contributed by atoms with Crippen LogP contribution in [0.25, 0.3) is 5.78 Å². The van der Waals surface area contributed by atoms with E-state index in [0.29, 0.717) is 28.8 Å². The maximum Gasteiger partial charge on any atom is 0.254 e. The summed E-state index contributed by atoms with van der Waals surface area (Å²) in [5.74, 6) is 1.90. The fraction of sp³-hybridized carbons (Fsp3) is 0.429. The van der Waals surface area contributed by atoms with E-state index in [9.17, 15) is 4.79 Å². The van der Waals surface area contributed by atoms with Crippen LogP contribution in [0, 0.1) is 5.92 Å². The molecule has 0 aliphatic carbocycles. The van der Waals surface area contributed by atoms with Crippen LogP contribution in [0.5, 0.6) is 5.75 Å². The SMILES string of the molecule is CCCc1cc(N2CCC[C@@H](C(=O)Nc3cc(Cl)ccc3OC)C2)n2ncnc2n1. The number of carbonyl (C=O) groups excluding carboxylic acids is 1. The van der Waals surface area contributed by atoms with Crippen LogP contribution in [0.3, 0.4) is 0 Å². The molecule has 1 fully saturated rings. The Morgan fingerprint density at radius 1 is 1.37 bits per heavy atom. The van der Waals surface area contributed by atoms with Gasteiger partial charge in [0.2, 0.25) is 5.91 Å². The lowest BCUT2D eigenvalue weighted by Gasteiger charge is -2.33. The number of fused-ring (bicyclic) bond motifs is 1. The van der Waals surface area contributed by atoms with Crippen molar-refractivity contribution in [2.45, 2.75) is 32.6 Å². The van der Waals surface area contributed by atoms with E-state index < -0.39 is 0 Å². The Labute approximate surface area is 180 Å². The Hall–Kier alpha value is -2.87. The van der Waals surface area contributed by atoms with Gasteiger partial charge in [-0.2, -0.15) is 14.6 Å². The van der Waals surface area contributed by atoms with Crippen LogP contribution in [0.15, 0.2) is 30.6 Å². The summed E-state index contributed by atoms with van der Waals surface area (Å²) < 4.78 is 7.09. The van der Waals surface area contributed by atoms with Crippen LogP contribution < -0.4 is 15.0 Å². The third kappa shape index (κ3) is 4.18. The van der Waals surface area contributed by atoms with E-state index in [1.54, 1.807) is 29.8 Å². The monoisotopic (exact) mass is 428 g/mol. The topological polar surface area (TPSA) is 84.7 Å². The number of aryl methyl sites for hydroxylation is 1. The van der Waals surface area contributed by atoms with Gasteiger partial charge < -0.3 is 15.0 Å². The van der Waals surface area contributed by atoms with E-state index in [4.69, 9.17) is 16.3 Å². The van der Waals surface area contributed by atoms with Crippen LogP contribution in [-0.4, -0.2) is 45.7 Å². The van der Waals surface area contributed by atoms with Crippen LogP contribution in [0.4, 0.5) is 11.5 Å². The van der Waals surface area contributed by atoms with E-state index in [1.807, 2.05) is 0 Å². The molecule has 158 valence electrons. The van der Waals surface area contributed by atoms with Crippen molar-refractivity contribution in [3.63, 3.8) is 0 Å². The zero-order valence-corrected chi connectivity index (χ0v) is 17.9. The molecule has 0 spiro atoms. The molecule has 1 aliphatic heterocycles. The van der Waals surface area contributed by atoms with Crippen LogP contribution >= 0.6 is 11.6 Å². The standard InChI is InChI=1S/C21H25ClN6O2/c1-3-5-16-11-19(28-21(25-16)23-13-24-28)27-9-4-6-14(12-27)20(29)26-17-10-15(22)7-8-18(17)30-2/h7-8,10-11,13-14H,3-6,9,12H2,1-2H3,(H,26,29)/t14-/m1/s1. The Morgan fingerprint density at radius 2 is 2.23 bits per heavy atom. The Kier molecular flexibility index (Phi) is 6.03. The van der Waals surface area contributed by atoms with E-state index in [0.717, 1.165) is 43.7 Å². The smallest absolute Gasteiger partial charge is 0.254 e. The highest BCUT2D eigenvalue weighted by atomic mass is 35.5. The third-order valence-corrected chi connectivity index (χ3v) is 5.56. The summed E-state index contributed by atoms with van der Waals surface area (Å²) in [6.45, 7) is 3.58. The Bertz CT molecular complexity index is 1050. The normalized spacial score (nSPS) is 16.6. The van der Waals surface area contributed by atoms with Crippen molar-refractivity contribution in [2.24, 2.45) is 5.92 Å². The van der Waals surface area contributed by atoms with Crippen LogP contribution in [0.1, 0.15) is 31.9 Å². The molecule has 0 unspecified atom stereocenters. The van der Waals surface area contributed by atoms with Gasteiger partial charge in [0.1, 0.15) is 17.9 Å². The van der Waals surface area contributed by atoms with E-state index >= 15 is 0 Å². The molecule has 3 aromatic rings. The van der Waals surface area contributed by atoms with Gasteiger partial charge in [-0.25, -0.2) is 4.98 Å². The minimum Gasteiger partial charge on any atom is -0.495 e. The summed E-state index contributed by atoms with van der Waals surface area (Å²) >= 11 is 6.09. The fourth-order valence-electron chi connectivity index (χ4n) is 3.87. The van der Waals surface area contributed by atoms with Gasteiger partial charge in [-0.15, -0.1) is 0 Å². The molecule has 0 radical (unpaired) electrons. The number of piperidine rings is 1. The molecular formula is C21H25ClN6O2. The van der Waals surface area contributed by atoms with E-state index in [1.165, 1.54) is 6.33 Å². The molecule has 1 aliphatic rings. The van der Waals surface area contributed by atoms with Crippen molar-refractivity contribution in [2.75, 3.05) is 30.4 Å². The second-order valence-corrected chi connectivity index (χ2v) is 7.88. The van der Waals surface area contributed by atoms with Gasteiger partial charge in [-0.3, -0.25) is 4.79 Å². The second kappa shape index (κ2) is 8.87. The predicted octanol–water partition coefficient (Wildman–Crippen LogP) is 3.59. The van der Waals surface area contributed by atoms with Gasteiger partial charge in [0.15, 0.2) is 0 Å². The number of rotatable bonds is 6. The number of benzene rings is 1. The highest BCUT2D eigenvalue weighted by Crippen LogP contribution is 2.30. The minimum absolute atomic E-state index is 0.0436. The average Bonchev–Trinajstić information content (AvgIpc) is 3.22. The van der Waals surface area contributed by atoms with Gasteiger partial charge in [0.05, 0.1) is 18.7 Å². The molecule has 1 aromatic carbocycles. The Morgan fingerprint density at radius 3 is 3.03 bits per heavy atom. The number of carbonyl (C=O) groups is 1. The number of amides is 1. The molecule has 2 aromatic heterocycles. The number of methoxy groups -OCH3 is 1. The van der Waals surface area contributed by atoms with Crippen LogP contribution in [-0.2, 0) is 11.2 Å². The highest BCUT2D eigenvalue weighted by Gasteiger charge is 2.28. The van der Waals surface area contributed by atoms with Crippen molar-refractivity contribution in [3.05, 3.63) is 41.3 Å². The third-order valence-electron chi connectivity index (χ3n) is 5.33. The van der Waals surface area contributed by atoms with Crippen molar-refractivity contribution in [1.82, 2.24) is 19.6 Å².